The molecule has 41 heavy (non-hydrogen) atoms. The van der Waals surface area contributed by atoms with Crippen molar-refractivity contribution in [1.82, 2.24) is 4.90 Å². The molecule has 214 valence electrons. The van der Waals surface area contributed by atoms with Crippen molar-refractivity contribution in [1.29, 1.82) is 0 Å². The molecule has 1 saturated heterocycles. The van der Waals surface area contributed by atoms with Crippen LogP contribution in [0.5, 0.6) is 0 Å². The molecule has 0 aliphatic carbocycles. The zero-order chi connectivity index (χ0) is 28.4. The third kappa shape index (κ3) is 8.08. The third-order valence-electron chi connectivity index (χ3n) is 7.71. The van der Waals surface area contributed by atoms with Gasteiger partial charge < -0.3 is 14.2 Å². The van der Waals surface area contributed by atoms with Crippen LogP contribution in [0.25, 0.3) is 0 Å². The van der Waals surface area contributed by atoms with E-state index in [1.165, 1.54) is 12.1 Å². The monoisotopic (exact) mass is 557 g/mol. The molecule has 1 aliphatic heterocycles. The molecule has 1 heterocycles. The molecule has 5 rings (SSSR count). The van der Waals surface area contributed by atoms with Gasteiger partial charge in [-0.15, -0.1) is 0 Å². The zero-order valence-electron chi connectivity index (χ0n) is 23.4. The highest BCUT2D eigenvalue weighted by Crippen LogP contribution is 2.29. The Morgan fingerprint density at radius 3 is 1.73 bits per heavy atom. The molecule has 1 fully saturated rings. The molecule has 0 N–H and O–H groups in total. The van der Waals surface area contributed by atoms with Gasteiger partial charge in [-0.2, -0.15) is 0 Å². The maximum Gasteiger partial charge on any atom is 0.126 e. The van der Waals surface area contributed by atoms with Crippen LogP contribution < -0.4 is 0 Å². The lowest BCUT2D eigenvalue weighted by Crippen LogP contribution is -2.62. The Morgan fingerprint density at radius 1 is 0.659 bits per heavy atom. The van der Waals surface area contributed by atoms with Gasteiger partial charge in [0.05, 0.1) is 25.9 Å². The molecule has 0 radical (unpaired) electrons. The van der Waals surface area contributed by atoms with Crippen LogP contribution in [0.1, 0.15) is 29.2 Å². The summed E-state index contributed by atoms with van der Waals surface area (Å²) in [5.41, 5.74) is 3.58. The van der Waals surface area contributed by atoms with Crippen LogP contribution in [0.15, 0.2) is 109 Å². The number of piperidine rings is 1. The van der Waals surface area contributed by atoms with Gasteiger partial charge in [-0.3, -0.25) is 4.90 Å². The first-order chi connectivity index (χ1) is 20.1. The van der Waals surface area contributed by atoms with Crippen molar-refractivity contribution in [2.45, 2.75) is 57.5 Å². The summed E-state index contributed by atoms with van der Waals surface area (Å²) in [5.74, 6) is -0.829. The molecule has 4 nitrogen and oxygen atoms in total. The highest BCUT2D eigenvalue weighted by molar-refractivity contribution is 5.20. The van der Waals surface area contributed by atoms with E-state index in [0.717, 1.165) is 22.8 Å². The van der Waals surface area contributed by atoms with E-state index in [1.807, 2.05) is 91.0 Å². The van der Waals surface area contributed by atoms with Crippen molar-refractivity contribution in [2.75, 3.05) is 13.1 Å². The summed E-state index contributed by atoms with van der Waals surface area (Å²) >= 11 is 0. The molecular formula is C35H37F2NO3. The van der Waals surface area contributed by atoms with Crippen LogP contribution in [0.4, 0.5) is 8.78 Å². The third-order valence-corrected chi connectivity index (χ3v) is 7.71. The van der Waals surface area contributed by atoms with Crippen LogP contribution >= 0.6 is 0 Å². The number of hydrogen-bond acceptors (Lipinski definition) is 4. The van der Waals surface area contributed by atoms with Crippen molar-refractivity contribution in [2.24, 2.45) is 0 Å². The Kier molecular flexibility index (Phi) is 10.3. The Labute approximate surface area is 241 Å². The van der Waals surface area contributed by atoms with Gasteiger partial charge in [-0.05, 0) is 53.8 Å². The van der Waals surface area contributed by atoms with Crippen LogP contribution in [0.2, 0.25) is 0 Å². The van der Waals surface area contributed by atoms with Gasteiger partial charge in [0, 0.05) is 19.1 Å². The molecule has 0 saturated carbocycles. The molecule has 0 spiro atoms. The quantitative estimate of drug-likeness (QED) is 0.188. The van der Waals surface area contributed by atoms with Crippen molar-refractivity contribution < 1.29 is 23.0 Å². The van der Waals surface area contributed by atoms with Crippen LogP contribution in [-0.4, -0.2) is 42.3 Å². The number of hydrogen-bond donors (Lipinski definition) is 0. The molecule has 4 aromatic carbocycles. The molecule has 4 aromatic rings. The average Bonchev–Trinajstić information content (AvgIpc) is 3.01. The molecule has 0 bridgehead atoms. The predicted molar refractivity (Wildman–Crippen MR) is 156 cm³/mol. The van der Waals surface area contributed by atoms with Crippen molar-refractivity contribution in [3.63, 3.8) is 0 Å². The predicted octanol–water partition coefficient (Wildman–Crippen LogP) is 6.97. The first kappa shape index (κ1) is 29.1. The van der Waals surface area contributed by atoms with Gasteiger partial charge >= 0.3 is 0 Å². The maximum absolute atomic E-state index is 14.5. The normalized spacial score (nSPS) is 21.1. The summed E-state index contributed by atoms with van der Waals surface area (Å²) in [5, 5.41) is 0. The highest BCUT2D eigenvalue weighted by Gasteiger charge is 2.44. The van der Waals surface area contributed by atoms with Gasteiger partial charge in [-0.25, -0.2) is 8.78 Å². The minimum absolute atomic E-state index is 0.0484. The largest absolute Gasteiger partial charge is 0.369 e. The lowest BCUT2D eigenvalue weighted by molar-refractivity contribution is -0.200. The van der Waals surface area contributed by atoms with Crippen molar-refractivity contribution >= 4 is 0 Å². The highest BCUT2D eigenvalue weighted by atomic mass is 19.1. The van der Waals surface area contributed by atoms with Gasteiger partial charge in [0.25, 0.3) is 0 Å². The van der Waals surface area contributed by atoms with Crippen LogP contribution in [0, 0.1) is 11.6 Å². The van der Waals surface area contributed by atoms with E-state index in [0.29, 0.717) is 44.9 Å². The Balaban J connectivity index is 1.38. The second-order valence-corrected chi connectivity index (χ2v) is 10.6. The number of halogens is 2. The van der Waals surface area contributed by atoms with Crippen molar-refractivity contribution in [3.8, 4) is 0 Å². The Hall–Kier alpha value is -3.42. The maximum atomic E-state index is 14.5. The van der Waals surface area contributed by atoms with Crippen LogP contribution in [0.3, 0.4) is 0 Å². The van der Waals surface area contributed by atoms with E-state index in [4.69, 9.17) is 14.2 Å². The van der Waals surface area contributed by atoms with Crippen molar-refractivity contribution in [3.05, 3.63) is 143 Å². The number of rotatable bonds is 12. The smallest absolute Gasteiger partial charge is 0.126 e. The van der Waals surface area contributed by atoms with Crippen LogP contribution in [-0.2, 0) is 40.5 Å². The fourth-order valence-corrected chi connectivity index (χ4v) is 5.38. The summed E-state index contributed by atoms with van der Waals surface area (Å²) in [6, 6.07) is 33.8. The molecule has 4 atom stereocenters. The summed E-state index contributed by atoms with van der Waals surface area (Å²) in [6.07, 6.45) is -0.570. The van der Waals surface area contributed by atoms with Gasteiger partial charge in [0.2, 0.25) is 0 Å². The molecule has 0 unspecified atom stereocenters. The molecule has 6 heteroatoms. The first-order valence-electron chi connectivity index (χ1n) is 14.2. The minimum Gasteiger partial charge on any atom is -0.369 e. The van der Waals surface area contributed by atoms with E-state index in [9.17, 15) is 8.78 Å². The minimum atomic E-state index is -0.435. The number of ether oxygens (including phenoxy) is 3. The Morgan fingerprint density at radius 2 is 1.17 bits per heavy atom. The van der Waals surface area contributed by atoms with Gasteiger partial charge in [0.15, 0.2) is 0 Å². The standard InChI is InChI=1S/C35H37F2NO3/c1-26-34(40-24-28-13-7-3-8-14-28)35(41-25-29-15-9-4-10-16-29)33(39-23-27-11-5-2-6-12-27)22-38(26)20-19-30-21-31(36)17-18-32(30)37/h2-18,21,26,33-35H,19-20,22-25H2,1H3/t26-,33+,34-,35-/m1/s1. The zero-order valence-corrected chi connectivity index (χ0v) is 23.4. The lowest BCUT2D eigenvalue weighted by atomic mass is 9.93. The lowest BCUT2D eigenvalue weighted by Gasteiger charge is -2.47. The second-order valence-electron chi connectivity index (χ2n) is 10.6. The van der Waals surface area contributed by atoms with E-state index in [1.54, 1.807) is 0 Å². The summed E-state index contributed by atoms with van der Waals surface area (Å²) in [7, 11) is 0. The Bertz CT molecular complexity index is 1340. The fraction of sp³-hybridized carbons (Fsp3) is 0.314. The molecule has 0 amide bonds. The summed E-state index contributed by atoms with van der Waals surface area (Å²) in [6.45, 7) is 4.52. The van der Waals surface area contributed by atoms with Gasteiger partial charge in [0.1, 0.15) is 23.8 Å². The average molecular weight is 558 g/mol. The molecule has 1 aliphatic rings. The van der Waals surface area contributed by atoms with E-state index < -0.39 is 11.6 Å². The number of benzene rings is 4. The summed E-state index contributed by atoms with van der Waals surface area (Å²) in [4.78, 5) is 2.25. The number of nitrogens with zero attached hydrogens (tertiary/aromatic N) is 1. The van der Waals surface area contributed by atoms with E-state index >= 15 is 0 Å². The molecule has 0 aromatic heterocycles. The molecular weight excluding hydrogens is 520 g/mol. The SMILES string of the molecule is C[C@@H]1[C@@H](OCc2ccccc2)[C@H](OCc2ccccc2)[C@@H](OCc2ccccc2)CN1CCc1cc(F)ccc1F. The van der Waals surface area contributed by atoms with E-state index in [2.05, 4.69) is 11.8 Å². The topological polar surface area (TPSA) is 30.9 Å². The van der Waals surface area contributed by atoms with Gasteiger partial charge in [-0.1, -0.05) is 91.0 Å². The second kappa shape index (κ2) is 14.5. The van der Waals surface area contributed by atoms with E-state index in [-0.39, 0.29) is 24.4 Å². The first-order valence-corrected chi connectivity index (χ1v) is 14.2. The fourth-order valence-electron chi connectivity index (χ4n) is 5.38. The number of likely N-dealkylation sites (tertiary alicyclic amines) is 1. The summed E-state index contributed by atoms with van der Waals surface area (Å²) < 4.78 is 48.1.